The molecule has 5 nitrogen and oxygen atoms in total. The van der Waals surface area contributed by atoms with Crippen LogP contribution >= 0.6 is 15.9 Å². The summed E-state index contributed by atoms with van der Waals surface area (Å²) in [4.78, 5) is 4.73. The van der Waals surface area contributed by atoms with E-state index in [0.717, 1.165) is 21.3 Å². The Labute approximate surface area is 143 Å². The molecule has 0 unspecified atom stereocenters. The Balaban J connectivity index is 1.73. The van der Waals surface area contributed by atoms with Gasteiger partial charge in [0.25, 0.3) is 0 Å². The van der Waals surface area contributed by atoms with Crippen molar-refractivity contribution >= 4 is 37.0 Å². The lowest BCUT2D eigenvalue weighted by molar-refractivity contribution is 0.572. The number of hydrogen-bond acceptors (Lipinski definition) is 3. The zero-order chi connectivity index (χ0) is 16.4. The molecule has 0 amide bonds. The predicted octanol–water partition coefficient (Wildman–Crippen LogP) is 3.09. The molecule has 0 atom stereocenters. The van der Waals surface area contributed by atoms with Crippen LogP contribution < -0.4 is 4.72 Å². The van der Waals surface area contributed by atoms with Crippen molar-refractivity contribution in [1.82, 2.24) is 14.3 Å². The molecule has 2 aromatic carbocycles. The van der Waals surface area contributed by atoms with Gasteiger partial charge in [-0.05, 0) is 43.3 Å². The highest BCUT2D eigenvalue weighted by Gasteiger charge is 2.14. The quantitative estimate of drug-likeness (QED) is 0.724. The molecule has 0 aliphatic heterocycles. The first-order valence-electron chi connectivity index (χ1n) is 7.14. The second-order valence-electron chi connectivity index (χ2n) is 5.15. The van der Waals surface area contributed by atoms with E-state index in [4.69, 9.17) is 0 Å². The molecule has 0 spiro atoms. The second-order valence-corrected chi connectivity index (χ2v) is 7.83. The van der Waals surface area contributed by atoms with Gasteiger partial charge in [0.15, 0.2) is 0 Å². The Kier molecular flexibility index (Phi) is 4.52. The van der Waals surface area contributed by atoms with Gasteiger partial charge in [0.1, 0.15) is 5.82 Å². The van der Waals surface area contributed by atoms with Crippen molar-refractivity contribution in [2.24, 2.45) is 0 Å². The molecule has 1 aromatic heterocycles. The molecular formula is C16H16BrN3O2S. The molecule has 0 aliphatic rings. The number of fused-ring (bicyclic) bond motifs is 1. The van der Waals surface area contributed by atoms with Crippen molar-refractivity contribution in [2.75, 3.05) is 6.54 Å². The molecule has 120 valence electrons. The summed E-state index contributed by atoms with van der Waals surface area (Å²) in [6, 6.07) is 14.4. The Morgan fingerprint density at radius 1 is 1.13 bits per heavy atom. The Morgan fingerprint density at radius 3 is 2.57 bits per heavy atom. The van der Waals surface area contributed by atoms with Gasteiger partial charge in [-0.1, -0.05) is 28.1 Å². The van der Waals surface area contributed by atoms with Crippen LogP contribution in [0.5, 0.6) is 0 Å². The summed E-state index contributed by atoms with van der Waals surface area (Å²) < 4.78 is 30.0. The van der Waals surface area contributed by atoms with Crippen molar-refractivity contribution in [3.63, 3.8) is 0 Å². The highest BCUT2D eigenvalue weighted by atomic mass is 79.9. The number of nitrogens with zero attached hydrogens (tertiary/aromatic N) is 2. The molecule has 0 radical (unpaired) electrons. The van der Waals surface area contributed by atoms with Gasteiger partial charge in [0, 0.05) is 17.6 Å². The number of benzene rings is 2. The molecular weight excluding hydrogens is 378 g/mol. The molecule has 1 N–H and O–H groups in total. The van der Waals surface area contributed by atoms with E-state index in [2.05, 4.69) is 25.6 Å². The van der Waals surface area contributed by atoms with Gasteiger partial charge in [0.05, 0.1) is 15.9 Å². The minimum Gasteiger partial charge on any atom is -0.327 e. The molecule has 3 aromatic rings. The summed E-state index contributed by atoms with van der Waals surface area (Å²) in [6.45, 7) is 2.75. The van der Waals surface area contributed by atoms with Crippen molar-refractivity contribution < 1.29 is 8.42 Å². The number of sulfonamides is 1. The van der Waals surface area contributed by atoms with E-state index in [1.54, 1.807) is 24.3 Å². The molecule has 0 saturated carbocycles. The monoisotopic (exact) mass is 393 g/mol. The van der Waals surface area contributed by atoms with Crippen molar-refractivity contribution in [1.29, 1.82) is 0 Å². The maximum absolute atomic E-state index is 12.3. The summed E-state index contributed by atoms with van der Waals surface area (Å²) in [6.07, 6.45) is 0. The van der Waals surface area contributed by atoms with Gasteiger partial charge in [-0.25, -0.2) is 18.1 Å². The summed E-state index contributed by atoms with van der Waals surface area (Å²) >= 11 is 3.30. The van der Waals surface area contributed by atoms with Crippen LogP contribution in [0.4, 0.5) is 0 Å². The summed E-state index contributed by atoms with van der Waals surface area (Å²) in [5, 5.41) is 0. The van der Waals surface area contributed by atoms with Crippen molar-refractivity contribution in [3.8, 4) is 0 Å². The average molecular weight is 394 g/mol. The second kappa shape index (κ2) is 6.43. The molecule has 23 heavy (non-hydrogen) atoms. The molecule has 7 heteroatoms. The first kappa shape index (κ1) is 16.2. The number of aryl methyl sites for hydroxylation is 1. The smallest absolute Gasteiger partial charge is 0.240 e. The van der Waals surface area contributed by atoms with Gasteiger partial charge in [-0.2, -0.15) is 0 Å². The van der Waals surface area contributed by atoms with Gasteiger partial charge in [-0.15, -0.1) is 0 Å². The number of imidazole rings is 1. The van der Waals surface area contributed by atoms with E-state index in [1.165, 1.54) is 0 Å². The van der Waals surface area contributed by atoms with Crippen LogP contribution in [0.2, 0.25) is 0 Å². The minimum absolute atomic E-state index is 0.257. The molecule has 0 aliphatic carbocycles. The number of nitrogens with one attached hydrogen (secondary N) is 1. The van der Waals surface area contributed by atoms with Crippen LogP contribution in [0.15, 0.2) is 57.9 Å². The lowest BCUT2D eigenvalue weighted by Gasteiger charge is -2.09. The lowest BCUT2D eigenvalue weighted by Crippen LogP contribution is -2.27. The Bertz CT molecular complexity index is 934. The molecule has 1 heterocycles. The van der Waals surface area contributed by atoms with Crippen molar-refractivity contribution in [2.45, 2.75) is 18.4 Å². The lowest BCUT2D eigenvalue weighted by atomic mass is 10.3. The van der Waals surface area contributed by atoms with Crippen LogP contribution in [-0.2, 0) is 16.6 Å². The van der Waals surface area contributed by atoms with E-state index in [9.17, 15) is 8.42 Å². The first-order valence-corrected chi connectivity index (χ1v) is 9.42. The number of aromatic nitrogens is 2. The van der Waals surface area contributed by atoms with Crippen LogP contribution in [-0.4, -0.2) is 24.5 Å². The number of para-hydroxylation sites is 2. The maximum atomic E-state index is 12.3. The third-order valence-electron chi connectivity index (χ3n) is 3.60. The highest BCUT2D eigenvalue weighted by molar-refractivity contribution is 9.10. The van der Waals surface area contributed by atoms with E-state index in [0.29, 0.717) is 13.1 Å². The first-order chi connectivity index (χ1) is 11.0. The number of rotatable bonds is 5. The summed E-state index contributed by atoms with van der Waals surface area (Å²) in [5.41, 5.74) is 1.92. The normalized spacial score (nSPS) is 11.9. The minimum atomic E-state index is -3.50. The van der Waals surface area contributed by atoms with Gasteiger partial charge >= 0.3 is 0 Å². The van der Waals surface area contributed by atoms with Crippen LogP contribution in [0.3, 0.4) is 0 Å². The standard InChI is InChI=1S/C16H16BrN3O2S/c1-12-19-15-4-2-3-5-16(15)20(12)11-10-18-23(21,22)14-8-6-13(17)7-9-14/h2-9,18H,10-11H2,1H3. The van der Waals surface area contributed by atoms with E-state index >= 15 is 0 Å². The van der Waals surface area contributed by atoms with Gasteiger partial charge in [-0.3, -0.25) is 0 Å². The van der Waals surface area contributed by atoms with E-state index in [1.807, 2.05) is 35.8 Å². The largest absolute Gasteiger partial charge is 0.327 e. The zero-order valence-corrected chi connectivity index (χ0v) is 14.9. The SMILES string of the molecule is Cc1nc2ccccc2n1CCNS(=O)(=O)c1ccc(Br)cc1. The van der Waals surface area contributed by atoms with Crippen LogP contribution in [0.1, 0.15) is 5.82 Å². The highest BCUT2D eigenvalue weighted by Crippen LogP contribution is 2.16. The molecule has 0 saturated heterocycles. The molecule has 0 fully saturated rings. The third kappa shape index (κ3) is 3.46. The topological polar surface area (TPSA) is 64.0 Å². The van der Waals surface area contributed by atoms with Crippen LogP contribution in [0, 0.1) is 6.92 Å². The Morgan fingerprint density at radius 2 is 1.83 bits per heavy atom. The average Bonchev–Trinajstić information content (AvgIpc) is 2.84. The fraction of sp³-hybridized carbons (Fsp3) is 0.188. The van der Waals surface area contributed by atoms with E-state index in [-0.39, 0.29) is 4.90 Å². The summed E-state index contributed by atoms with van der Waals surface area (Å²) in [5.74, 6) is 0.869. The van der Waals surface area contributed by atoms with Gasteiger partial charge in [0.2, 0.25) is 10.0 Å². The number of hydrogen-bond donors (Lipinski definition) is 1. The summed E-state index contributed by atoms with van der Waals surface area (Å²) in [7, 11) is -3.50. The predicted molar refractivity (Wildman–Crippen MR) is 93.8 cm³/mol. The fourth-order valence-electron chi connectivity index (χ4n) is 2.47. The third-order valence-corrected chi connectivity index (χ3v) is 5.60. The maximum Gasteiger partial charge on any atom is 0.240 e. The fourth-order valence-corrected chi connectivity index (χ4v) is 3.75. The Hall–Kier alpha value is -1.70. The van der Waals surface area contributed by atoms with E-state index < -0.39 is 10.0 Å². The molecule has 3 rings (SSSR count). The zero-order valence-electron chi connectivity index (χ0n) is 12.5. The van der Waals surface area contributed by atoms with Gasteiger partial charge < -0.3 is 4.57 Å². The van der Waals surface area contributed by atoms with Crippen molar-refractivity contribution in [3.05, 3.63) is 58.8 Å². The van der Waals surface area contributed by atoms with Crippen LogP contribution in [0.25, 0.3) is 11.0 Å². The molecule has 0 bridgehead atoms. The number of halogens is 1.